The molecule has 0 unspecified atom stereocenters. The maximum absolute atomic E-state index is 12.6. The van der Waals surface area contributed by atoms with E-state index in [1.54, 1.807) is 48.5 Å². The lowest BCUT2D eigenvalue weighted by Crippen LogP contribution is -2.27. The van der Waals surface area contributed by atoms with Crippen LogP contribution in [0.2, 0.25) is 15.1 Å². The van der Waals surface area contributed by atoms with Crippen LogP contribution in [0.15, 0.2) is 47.4 Å². The predicted octanol–water partition coefficient (Wildman–Crippen LogP) is 6.05. The van der Waals surface area contributed by atoms with Crippen molar-refractivity contribution in [1.82, 2.24) is 0 Å². The van der Waals surface area contributed by atoms with Crippen molar-refractivity contribution in [2.45, 2.75) is 0 Å². The SMILES string of the molecule is O=C1C(=Cc2ccc(Cl)c(Cl)c2)SC(=S)N1c1cccc(Cl)c1. The van der Waals surface area contributed by atoms with E-state index in [9.17, 15) is 4.79 Å². The topological polar surface area (TPSA) is 20.3 Å². The maximum atomic E-state index is 12.6. The van der Waals surface area contributed by atoms with Gasteiger partial charge in [-0.3, -0.25) is 9.69 Å². The van der Waals surface area contributed by atoms with Crippen LogP contribution in [0.5, 0.6) is 0 Å². The highest BCUT2D eigenvalue weighted by Gasteiger charge is 2.33. The molecule has 0 spiro atoms. The summed E-state index contributed by atoms with van der Waals surface area (Å²) in [4.78, 5) is 14.6. The average molecular weight is 401 g/mol. The number of hydrogen-bond acceptors (Lipinski definition) is 3. The second-order valence-electron chi connectivity index (χ2n) is 4.67. The second-order valence-corrected chi connectivity index (χ2v) is 7.60. The van der Waals surface area contributed by atoms with Crippen molar-refractivity contribution in [2.24, 2.45) is 0 Å². The minimum absolute atomic E-state index is 0.187. The predicted molar refractivity (Wildman–Crippen MR) is 104 cm³/mol. The van der Waals surface area contributed by atoms with Gasteiger partial charge in [-0.2, -0.15) is 0 Å². The highest BCUT2D eigenvalue weighted by molar-refractivity contribution is 8.27. The number of benzene rings is 2. The van der Waals surface area contributed by atoms with E-state index < -0.39 is 0 Å². The number of nitrogens with zero attached hydrogens (tertiary/aromatic N) is 1. The average Bonchev–Trinajstić information content (AvgIpc) is 2.77. The lowest BCUT2D eigenvalue weighted by Gasteiger charge is -2.14. The zero-order chi connectivity index (χ0) is 16.6. The molecule has 23 heavy (non-hydrogen) atoms. The van der Waals surface area contributed by atoms with E-state index in [4.69, 9.17) is 47.0 Å². The highest BCUT2D eigenvalue weighted by atomic mass is 35.5. The van der Waals surface area contributed by atoms with E-state index in [0.29, 0.717) is 30.0 Å². The van der Waals surface area contributed by atoms with Crippen LogP contribution in [0.1, 0.15) is 5.56 Å². The fourth-order valence-electron chi connectivity index (χ4n) is 2.06. The summed E-state index contributed by atoms with van der Waals surface area (Å²) in [7, 11) is 0. The quantitative estimate of drug-likeness (QED) is 0.452. The number of thioether (sulfide) groups is 1. The Morgan fingerprint density at radius 2 is 1.83 bits per heavy atom. The van der Waals surface area contributed by atoms with E-state index in [1.165, 1.54) is 16.7 Å². The van der Waals surface area contributed by atoms with Crippen LogP contribution >= 0.6 is 58.8 Å². The molecule has 1 fully saturated rings. The summed E-state index contributed by atoms with van der Waals surface area (Å²) < 4.78 is 0.462. The number of hydrogen-bond donors (Lipinski definition) is 0. The molecule has 1 saturated heterocycles. The van der Waals surface area contributed by atoms with E-state index in [0.717, 1.165) is 5.56 Å². The fourth-order valence-corrected chi connectivity index (χ4v) is 3.85. The summed E-state index contributed by atoms with van der Waals surface area (Å²) in [5.74, 6) is -0.187. The van der Waals surface area contributed by atoms with E-state index in [1.807, 2.05) is 0 Å². The summed E-state index contributed by atoms with van der Waals surface area (Å²) >= 11 is 24.4. The van der Waals surface area contributed by atoms with Crippen molar-refractivity contribution in [1.29, 1.82) is 0 Å². The molecule has 2 nitrogen and oxygen atoms in total. The molecule has 2 aromatic carbocycles. The molecule has 0 bridgehead atoms. The van der Waals surface area contributed by atoms with Gasteiger partial charge in [0.25, 0.3) is 5.91 Å². The number of thiocarbonyl (C=S) groups is 1. The molecule has 2 aromatic rings. The Kier molecular flexibility index (Phi) is 4.99. The summed E-state index contributed by atoms with van der Waals surface area (Å²) in [6.07, 6.45) is 1.74. The molecule has 0 aromatic heterocycles. The van der Waals surface area contributed by atoms with Gasteiger partial charge >= 0.3 is 0 Å². The largest absolute Gasteiger partial charge is 0.270 e. The van der Waals surface area contributed by atoms with E-state index >= 15 is 0 Å². The third kappa shape index (κ3) is 3.57. The fraction of sp³-hybridized carbons (Fsp3) is 0. The van der Waals surface area contributed by atoms with Crippen molar-refractivity contribution in [3.63, 3.8) is 0 Å². The van der Waals surface area contributed by atoms with Crippen molar-refractivity contribution < 1.29 is 4.79 Å². The van der Waals surface area contributed by atoms with Crippen LogP contribution in [0.3, 0.4) is 0 Å². The van der Waals surface area contributed by atoms with Crippen LogP contribution in [-0.4, -0.2) is 10.2 Å². The molecule has 0 aliphatic carbocycles. The van der Waals surface area contributed by atoms with Gasteiger partial charge in [-0.25, -0.2) is 0 Å². The van der Waals surface area contributed by atoms with Gasteiger partial charge in [-0.1, -0.05) is 70.9 Å². The smallest absolute Gasteiger partial charge is 0.268 e. The lowest BCUT2D eigenvalue weighted by atomic mass is 10.2. The van der Waals surface area contributed by atoms with Gasteiger partial charge in [-0.15, -0.1) is 0 Å². The van der Waals surface area contributed by atoms with Gasteiger partial charge in [-0.05, 0) is 42.0 Å². The third-order valence-corrected chi connectivity index (χ3v) is 5.38. The number of rotatable bonds is 2. The molecule has 1 aliphatic heterocycles. The molecule has 116 valence electrons. The molecule has 0 radical (unpaired) electrons. The first-order valence-corrected chi connectivity index (χ1v) is 8.80. The molecular weight excluding hydrogens is 393 g/mol. The van der Waals surface area contributed by atoms with Crippen molar-refractivity contribution in [3.8, 4) is 0 Å². The van der Waals surface area contributed by atoms with Crippen molar-refractivity contribution in [3.05, 3.63) is 68.0 Å². The number of amides is 1. The molecule has 0 atom stereocenters. The Hall–Kier alpha value is -1.04. The summed E-state index contributed by atoms with van der Waals surface area (Å²) in [6, 6.07) is 12.2. The van der Waals surface area contributed by atoms with Gasteiger partial charge in [0.05, 0.1) is 20.6 Å². The van der Waals surface area contributed by atoms with E-state index in [-0.39, 0.29) is 5.91 Å². The second kappa shape index (κ2) is 6.83. The molecule has 1 heterocycles. The number of anilines is 1. The first kappa shape index (κ1) is 16.8. The first-order valence-electron chi connectivity index (χ1n) is 6.44. The Morgan fingerprint density at radius 3 is 2.52 bits per heavy atom. The van der Waals surface area contributed by atoms with Gasteiger partial charge in [0.1, 0.15) is 0 Å². The third-order valence-electron chi connectivity index (χ3n) is 3.10. The first-order chi connectivity index (χ1) is 11.0. The minimum atomic E-state index is -0.187. The zero-order valence-corrected chi connectivity index (χ0v) is 15.3. The molecule has 1 amide bonds. The van der Waals surface area contributed by atoms with Crippen molar-refractivity contribution in [2.75, 3.05) is 4.90 Å². The number of carbonyl (C=O) groups excluding carboxylic acids is 1. The molecule has 0 N–H and O–H groups in total. The lowest BCUT2D eigenvalue weighted by molar-refractivity contribution is -0.113. The number of halogens is 3. The molecular formula is C16H8Cl3NOS2. The molecule has 3 rings (SSSR count). The Morgan fingerprint density at radius 1 is 1.04 bits per heavy atom. The number of carbonyl (C=O) groups is 1. The van der Waals surface area contributed by atoms with Crippen molar-refractivity contribution >= 4 is 80.8 Å². The van der Waals surface area contributed by atoms with Crippen LogP contribution < -0.4 is 4.90 Å². The standard InChI is InChI=1S/C16H8Cl3NOS2/c17-10-2-1-3-11(8-10)20-15(21)14(23-16(20)22)7-9-4-5-12(18)13(19)6-9/h1-8H. The van der Waals surface area contributed by atoms with Crippen LogP contribution in [0.4, 0.5) is 5.69 Å². The summed E-state index contributed by atoms with van der Waals surface area (Å²) in [5, 5.41) is 1.45. The molecule has 1 aliphatic rings. The zero-order valence-electron chi connectivity index (χ0n) is 11.4. The van der Waals surface area contributed by atoms with Gasteiger partial charge in [0, 0.05) is 5.02 Å². The van der Waals surface area contributed by atoms with E-state index in [2.05, 4.69) is 0 Å². The van der Waals surface area contributed by atoms with Gasteiger partial charge in [0.2, 0.25) is 0 Å². The summed E-state index contributed by atoms with van der Waals surface area (Å²) in [5.41, 5.74) is 1.43. The molecule has 0 saturated carbocycles. The summed E-state index contributed by atoms with van der Waals surface area (Å²) in [6.45, 7) is 0. The van der Waals surface area contributed by atoms with Gasteiger partial charge in [0.15, 0.2) is 4.32 Å². The Labute approximate surface area is 158 Å². The highest BCUT2D eigenvalue weighted by Crippen LogP contribution is 2.37. The molecule has 7 heteroatoms. The Balaban J connectivity index is 1.94. The van der Waals surface area contributed by atoms with Crippen LogP contribution in [-0.2, 0) is 4.79 Å². The monoisotopic (exact) mass is 399 g/mol. The normalized spacial score (nSPS) is 16.5. The Bertz CT molecular complexity index is 851. The maximum Gasteiger partial charge on any atom is 0.270 e. The van der Waals surface area contributed by atoms with Crippen LogP contribution in [0, 0.1) is 0 Å². The van der Waals surface area contributed by atoms with Gasteiger partial charge < -0.3 is 0 Å². The van der Waals surface area contributed by atoms with Crippen LogP contribution in [0.25, 0.3) is 6.08 Å². The minimum Gasteiger partial charge on any atom is -0.268 e.